The first kappa shape index (κ1) is 21.0. The maximum atomic E-state index is 13.6. The Bertz CT molecular complexity index is 827. The van der Waals surface area contributed by atoms with Crippen LogP contribution in [0.5, 0.6) is 0 Å². The number of pyridine rings is 1. The van der Waals surface area contributed by atoms with Crippen molar-refractivity contribution in [2.45, 2.75) is 58.8 Å². The molecule has 1 aromatic heterocycles. The van der Waals surface area contributed by atoms with Gasteiger partial charge in [0.2, 0.25) is 0 Å². The number of hydrogen-bond donors (Lipinski definition) is 0. The minimum atomic E-state index is -3.27. The van der Waals surface area contributed by atoms with E-state index in [2.05, 4.69) is 35.0 Å². The molecule has 3 rings (SSSR count). The highest BCUT2D eigenvalue weighted by Crippen LogP contribution is 2.57. The number of anilines is 1. The van der Waals surface area contributed by atoms with Gasteiger partial charge in [-0.25, -0.2) is 4.98 Å². The highest BCUT2D eigenvalue weighted by molar-refractivity contribution is 7.54. The van der Waals surface area contributed by atoms with Gasteiger partial charge in [0.1, 0.15) is 5.82 Å². The van der Waals surface area contributed by atoms with Gasteiger partial charge in [0, 0.05) is 30.3 Å². The lowest BCUT2D eigenvalue weighted by molar-refractivity contribution is 0.139. The molecular weight excluding hydrogens is 371 g/mol. The lowest BCUT2D eigenvalue weighted by atomic mass is 9.88. The molecule has 0 fully saturated rings. The van der Waals surface area contributed by atoms with E-state index in [1.807, 2.05) is 58.2 Å². The Morgan fingerprint density at radius 1 is 1.07 bits per heavy atom. The van der Waals surface area contributed by atoms with Gasteiger partial charge < -0.3 is 13.9 Å². The smallest absolute Gasteiger partial charge is 0.332 e. The van der Waals surface area contributed by atoms with Crippen molar-refractivity contribution in [1.29, 1.82) is 0 Å². The second-order valence-electron chi connectivity index (χ2n) is 8.35. The van der Waals surface area contributed by atoms with Gasteiger partial charge in [0.15, 0.2) is 0 Å². The summed E-state index contributed by atoms with van der Waals surface area (Å²) in [4.78, 5) is 6.90. The van der Waals surface area contributed by atoms with Gasteiger partial charge in [0.05, 0.1) is 18.4 Å². The fraction of sp³-hybridized carbons (Fsp3) is 0.500. The highest BCUT2D eigenvalue weighted by Gasteiger charge is 2.46. The van der Waals surface area contributed by atoms with Gasteiger partial charge in [-0.3, -0.25) is 4.57 Å². The van der Waals surface area contributed by atoms with E-state index in [-0.39, 0.29) is 17.6 Å². The third-order valence-corrected chi connectivity index (χ3v) is 7.35. The standard InChI is InChI=1S/C22H31N2O3P/c1-17(2)26-28(25,27-18(3)4)16-22(5)15-24(14-19-10-7-6-8-11-19)21-20(22)12-9-13-23-21/h6-13,17-18H,14-16H2,1-5H3. The minimum Gasteiger partial charge on any atom is -0.351 e. The van der Waals surface area contributed by atoms with Crippen molar-refractivity contribution in [3.05, 3.63) is 59.8 Å². The van der Waals surface area contributed by atoms with Crippen LogP contribution in [0.4, 0.5) is 5.82 Å². The Balaban J connectivity index is 1.90. The molecule has 0 saturated heterocycles. The van der Waals surface area contributed by atoms with E-state index in [0.29, 0.717) is 6.16 Å². The van der Waals surface area contributed by atoms with Gasteiger partial charge in [-0.15, -0.1) is 0 Å². The van der Waals surface area contributed by atoms with Crippen LogP contribution in [0.15, 0.2) is 48.7 Å². The summed E-state index contributed by atoms with van der Waals surface area (Å²) < 4.78 is 25.3. The van der Waals surface area contributed by atoms with Crippen LogP contribution in [0, 0.1) is 0 Å². The summed E-state index contributed by atoms with van der Waals surface area (Å²) in [6.07, 6.45) is 1.82. The van der Waals surface area contributed by atoms with Crippen LogP contribution >= 0.6 is 7.60 Å². The van der Waals surface area contributed by atoms with Crippen molar-refractivity contribution in [2.24, 2.45) is 0 Å². The van der Waals surface area contributed by atoms with Gasteiger partial charge in [-0.2, -0.15) is 0 Å². The summed E-state index contributed by atoms with van der Waals surface area (Å²) in [6, 6.07) is 14.4. The Labute approximate surface area is 168 Å². The second-order valence-corrected chi connectivity index (χ2v) is 10.3. The van der Waals surface area contributed by atoms with Crippen LogP contribution in [-0.2, 0) is 25.6 Å². The van der Waals surface area contributed by atoms with Crippen molar-refractivity contribution in [3.8, 4) is 0 Å². The topological polar surface area (TPSA) is 51.7 Å². The first-order chi connectivity index (χ1) is 13.2. The first-order valence-electron chi connectivity index (χ1n) is 9.91. The number of rotatable bonds is 8. The molecule has 0 aliphatic carbocycles. The maximum Gasteiger partial charge on any atom is 0.332 e. The van der Waals surface area contributed by atoms with E-state index in [9.17, 15) is 4.57 Å². The highest BCUT2D eigenvalue weighted by atomic mass is 31.2. The summed E-state index contributed by atoms with van der Waals surface area (Å²) >= 11 is 0. The van der Waals surface area contributed by atoms with Crippen LogP contribution in [0.2, 0.25) is 0 Å². The summed E-state index contributed by atoms with van der Waals surface area (Å²) in [6.45, 7) is 11.2. The predicted octanol–water partition coefficient (Wildman–Crippen LogP) is 5.40. The van der Waals surface area contributed by atoms with E-state index >= 15 is 0 Å². The average molecular weight is 402 g/mol. The molecule has 1 atom stereocenters. The van der Waals surface area contributed by atoms with Gasteiger partial charge >= 0.3 is 7.60 Å². The SMILES string of the molecule is CC(C)OP(=O)(CC1(C)CN(Cc2ccccc2)c2ncccc21)OC(C)C. The molecule has 0 N–H and O–H groups in total. The fourth-order valence-corrected chi connectivity index (χ4v) is 6.55. The van der Waals surface area contributed by atoms with E-state index in [1.165, 1.54) is 5.56 Å². The molecule has 5 nitrogen and oxygen atoms in total. The van der Waals surface area contributed by atoms with Gasteiger partial charge in [-0.1, -0.05) is 43.3 Å². The fourth-order valence-electron chi connectivity index (χ4n) is 3.94. The van der Waals surface area contributed by atoms with Crippen molar-refractivity contribution in [2.75, 3.05) is 17.6 Å². The van der Waals surface area contributed by atoms with E-state index in [1.54, 1.807) is 0 Å². The molecule has 1 unspecified atom stereocenters. The molecule has 0 amide bonds. The zero-order chi connectivity index (χ0) is 20.4. The van der Waals surface area contributed by atoms with Crippen molar-refractivity contribution in [3.63, 3.8) is 0 Å². The lowest BCUT2D eigenvalue weighted by Gasteiger charge is -2.31. The van der Waals surface area contributed by atoms with E-state index < -0.39 is 7.60 Å². The largest absolute Gasteiger partial charge is 0.351 e. The first-order valence-corrected chi connectivity index (χ1v) is 11.6. The molecule has 2 heterocycles. The Morgan fingerprint density at radius 3 is 2.32 bits per heavy atom. The van der Waals surface area contributed by atoms with Crippen LogP contribution in [0.3, 0.4) is 0 Å². The Morgan fingerprint density at radius 2 is 1.71 bits per heavy atom. The molecular formula is C22H31N2O3P. The molecule has 0 saturated carbocycles. The van der Waals surface area contributed by atoms with Gasteiger partial charge in [-0.05, 0) is 39.3 Å². The molecule has 0 bridgehead atoms. The third-order valence-electron chi connectivity index (χ3n) is 4.78. The summed E-state index contributed by atoms with van der Waals surface area (Å²) in [5, 5.41) is 0. The summed E-state index contributed by atoms with van der Waals surface area (Å²) in [5.41, 5.74) is 1.96. The van der Waals surface area contributed by atoms with E-state index in [4.69, 9.17) is 9.05 Å². The molecule has 0 radical (unpaired) electrons. The molecule has 1 aliphatic rings. The van der Waals surface area contributed by atoms with Crippen LogP contribution in [0.1, 0.15) is 45.7 Å². The summed E-state index contributed by atoms with van der Waals surface area (Å²) in [7, 11) is -3.27. The minimum absolute atomic E-state index is 0.164. The zero-order valence-electron chi connectivity index (χ0n) is 17.5. The zero-order valence-corrected chi connectivity index (χ0v) is 18.4. The molecule has 6 heteroatoms. The van der Waals surface area contributed by atoms with Crippen LogP contribution < -0.4 is 4.90 Å². The Hall–Kier alpha value is -1.68. The predicted molar refractivity (Wildman–Crippen MR) is 114 cm³/mol. The molecule has 28 heavy (non-hydrogen) atoms. The van der Waals surface area contributed by atoms with E-state index in [0.717, 1.165) is 24.5 Å². The number of fused-ring (bicyclic) bond motifs is 1. The number of benzene rings is 1. The molecule has 0 spiro atoms. The molecule has 1 aromatic carbocycles. The lowest BCUT2D eigenvalue weighted by Crippen LogP contribution is -2.35. The van der Waals surface area contributed by atoms with Crippen molar-refractivity contribution < 1.29 is 13.6 Å². The molecule has 152 valence electrons. The quantitative estimate of drug-likeness (QED) is 0.553. The monoisotopic (exact) mass is 402 g/mol. The number of hydrogen-bond acceptors (Lipinski definition) is 5. The van der Waals surface area contributed by atoms with Crippen molar-refractivity contribution in [1.82, 2.24) is 4.98 Å². The number of nitrogens with zero attached hydrogens (tertiary/aromatic N) is 2. The van der Waals surface area contributed by atoms with Crippen LogP contribution in [-0.4, -0.2) is 29.9 Å². The Kier molecular flexibility index (Phi) is 6.28. The normalized spacial score (nSPS) is 19.5. The second kappa shape index (κ2) is 8.36. The summed E-state index contributed by atoms with van der Waals surface area (Å²) in [5.74, 6) is 0.953. The molecule has 2 aromatic rings. The van der Waals surface area contributed by atoms with Gasteiger partial charge in [0.25, 0.3) is 0 Å². The van der Waals surface area contributed by atoms with Crippen LogP contribution in [0.25, 0.3) is 0 Å². The number of aromatic nitrogens is 1. The van der Waals surface area contributed by atoms with Crippen molar-refractivity contribution >= 4 is 13.4 Å². The third kappa shape index (κ3) is 4.83. The maximum absolute atomic E-state index is 13.6. The average Bonchev–Trinajstić information content (AvgIpc) is 2.86. The molecule has 1 aliphatic heterocycles.